The highest BCUT2D eigenvalue weighted by Gasteiger charge is 2.26. The van der Waals surface area contributed by atoms with Gasteiger partial charge in [0.2, 0.25) is 0 Å². The Morgan fingerprint density at radius 2 is 2.50 bits per heavy atom. The van der Waals surface area contributed by atoms with Crippen molar-refractivity contribution in [3.8, 4) is 0 Å². The number of carbonyl (C=O) groups excluding carboxylic acids is 1. The maximum absolute atomic E-state index is 10.8. The molecule has 0 N–H and O–H groups in total. The fourth-order valence-corrected chi connectivity index (χ4v) is 2.17. The third-order valence-corrected chi connectivity index (χ3v) is 2.98. The van der Waals surface area contributed by atoms with E-state index in [0.29, 0.717) is 6.42 Å². The number of thiazole rings is 1. The zero-order valence-electron chi connectivity index (χ0n) is 7.04. The fraction of sp³-hybridized carbons (Fsp3) is 0.556. The fourth-order valence-electron chi connectivity index (χ4n) is 1.18. The van der Waals surface area contributed by atoms with Gasteiger partial charge in [0.05, 0.1) is 10.7 Å². The summed E-state index contributed by atoms with van der Waals surface area (Å²) in [6, 6.07) is 0. The van der Waals surface area contributed by atoms with Crippen molar-refractivity contribution in [1.82, 2.24) is 4.98 Å². The van der Waals surface area contributed by atoms with Crippen LogP contribution in [0.1, 0.15) is 36.4 Å². The van der Waals surface area contributed by atoms with Crippen molar-refractivity contribution < 1.29 is 4.79 Å². The molecule has 2 nitrogen and oxygen atoms in total. The molecule has 0 radical (unpaired) electrons. The maximum Gasteiger partial charge on any atom is 0.135 e. The summed E-state index contributed by atoms with van der Waals surface area (Å²) in [6.07, 6.45) is 3.07. The van der Waals surface area contributed by atoms with Gasteiger partial charge in [-0.3, -0.25) is 4.79 Å². The monoisotopic (exact) mass is 181 g/mol. The molecule has 0 unspecified atom stereocenters. The Balaban J connectivity index is 2.07. The van der Waals surface area contributed by atoms with Crippen LogP contribution in [0.25, 0.3) is 0 Å². The summed E-state index contributed by atoms with van der Waals surface area (Å²) in [5.74, 6) is 0.915. The molecule has 0 spiro atoms. The number of carbonyl (C=O) groups is 1. The summed E-state index contributed by atoms with van der Waals surface area (Å²) < 4.78 is 0. The van der Waals surface area contributed by atoms with E-state index < -0.39 is 0 Å². The van der Waals surface area contributed by atoms with Gasteiger partial charge in [-0.2, -0.15) is 0 Å². The Bertz CT molecular complexity index is 301. The smallest absolute Gasteiger partial charge is 0.135 e. The van der Waals surface area contributed by atoms with Gasteiger partial charge >= 0.3 is 0 Å². The van der Waals surface area contributed by atoms with E-state index in [-0.39, 0.29) is 5.78 Å². The average molecular weight is 181 g/mol. The lowest BCUT2D eigenvalue weighted by Gasteiger charge is -1.88. The molecule has 1 aromatic rings. The predicted octanol–water partition coefficient (Wildman–Crippen LogP) is 2.15. The summed E-state index contributed by atoms with van der Waals surface area (Å²) in [5, 5.41) is 3.24. The van der Waals surface area contributed by atoms with E-state index in [1.807, 2.05) is 5.38 Å². The van der Waals surface area contributed by atoms with Crippen LogP contribution in [-0.2, 0) is 11.2 Å². The van der Waals surface area contributed by atoms with E-state index in [2.05, 4.69) is 4.98 Å². The number of ketones is 1. The average Bonchev–Trinajstić information content (AvgIpc) is 2.73. The van der Waals surface area contributed by atoms with Gasteiger partial charge in [-0.05, 0) is 19.8 Å². The van der Waals surface area contributed by atoms with Gasteiger partial charge in [0.1, 0.15) is 5.78 Å². The third kappa shape index (κ3) is 1.72. The second kappa shape index (κ2) is 2.98. The Kier molecular flexibility index (Phi) is 1.97. The second-order valence-corrected chi connectivity index (χ2v) is 4.22. The molecule has 0 atom stereocenters. The molecule has 0 saturated heterocycles. The Hall–Kier alpha value is -0.700. The van der Waals surface area contributed by atoms with Gasteiger partial charge in [-0.25, -0.2) is 4.98 Å². The molecule has 1 fully saturated rings. The highest BCUT2D eigenvalue weighted by molar-refractivity contribution is 7.09. The molecule has 12 heavy (non-hydrogen) atoms. The number of nitrogens with zero attached hydrogens (tertiary/aromatic N) is 1. The van der Waals surface area contributed by atoms with Gasteiger partial charge < -0.3 is 0 Å². The van der Waals surface area contributed by atoms with E-state index in [1.54, 1.807) is 18.3 Å². The van der Waals surface area contributed by atoms with Crippen LogP contribution in [0.4, 0.5) is 0 Å². The van der Waals surface area contributed by atoms with Crippen molar-refractivity contribution >= 4 is 17.1 Å². The molecule has 3 heteroatoms. The number of hydrogen-bond donors (Lipinski definition) is 0. The highest BCUT2D eigenvalue weighted by atomic mass is 32.1. The van der Waals surface area contributed by atoms with Crippen LogP contribution >= 0.6 is 11.3 Å². The quantitative estimate of drug-likeness (QED) is 0.715. The SMILES string of the molecule is CC(=O)Cc1csc(C2CC2)n1. The van der Waals surface area contributed by atoms with E-state index in [1.165, 1.54) is 17.8 Å². The van der Waals surface area contributed by atoms with Crippen molar-refractivity contribution in [2.24, 2.45) is 0 Å². The van der Waals surface area contributed by atoms with Crippen molar-refractivity contribution in [3.63, 3.8) is 0 Å². The first-order chi connectivity index (χ1) is 5.75. The van der Waals surface area contributed by atoms with Gasteiger partial charge in [0.15, 0.2) is 0 Å². The predicted molar refractivity (Wildman–Crippen MR) is 48.5 cm³/mol. The largest absolute Gasteiger partial charge is 0.300 e. The van der Waals surface area contributed by atoms with Crippen molar-refractivity contribution in [1.29, 1.82) is 0 Å². The molecule has 1 aliphatic carbocycles. The lowest BCUT2D eigenvalue weighted by atomic mass is 10.2. The van der Waals surface area contributed by atoms with Crippen LogP contribution < -0.4 is 0 Å². The first-order valence-electron chi connectivity index (χ1n) is 4.19. The van der Waals surface area contributed by atoms with Crippen LogP contribution in [0.3, 0.4) is 0 Å². The summed E-state index contributed by atoms with van der Waals surface area (Å²) >= 11 is 1.70. The van der Waals surface area contributed by atoms with E-state index >= 15 is 0 Å². The molecule has 1 aliphatic rings. The minimum absolute atomic E-state index is 0.197. The van der Waals surface area contributed by atoms with E-state index in [4.69, 9.17) is 0 Å². The molecule has 64 valence electrons. The molecule has 0 amide bonds. The van der Waals surface area contributed by atoms with Crippen LogP contribution in [0, 0.1) is 0 Å². The molecule has 1 saturated carbocycles. The Morgan fingerprint density at radius 1 is 1.75 bits per heavy atom. The van der Waals surface area contributed by atoms with E-state index in [0.717, 1.165) is 11.6 Å². The number of hydrogen-bond acceptors (Lipinski definition) is 3. The normalized spacial score (nSPS) is 16.4. The molecule has 2 rings (SSSR count). The van der Waals surface area contributed by atoms with Crippen molar-refractivity contribution in [3.05, 3.63) is 16.1 Å². The van der Waals surface area contributed by atoms with Gasteiger partial charge in [-0.1, -0.05) is 0 Å². The first-order valence-corrected chi connectivity index (χ1v) is 5.07. The van der Waals surface area contributed by atoms with Gasteiger partial charge in [0.25, 0.3) is 0 Å². The first kappa shape index (κ1) is 7.92. The second-order valence-electron chi connectivity index (χ2n) is 3.33. The summed E-state index contributed by atoms with van der Waals surface area (Å²) in [7, 11) is 0. The zero-order valence-corrected chi connectivity index (χ0v) is 7.86. The minimum atomic E-state index is 0.197. The number of aromatic nitrogens is 1. The Labute approximate surface area is 75.6 Å². The maximum atomic E-state index is 10.8. The topological polar surface area (TPSA) is 30.0 Å². The van der Waals surface area contributed by atoms with Crippen LogP contribution in [0.2, 0.25) is 0 Å². The molecule has 1 heterocycles. The Morgan fingerprint density at radius 3 is 3.08 bits per heavy atom. The molecule has 0 aliphatic heterocycles. The zero-order chi connectivity index (χ0) is 8.55. The summed E-state index contributed by atoms with van der Waals surface area (Å²) in [6.45, 7) is 1.61. The van der Waals surface area contributed by atoms with Gasteiger partial charge in [0, 0.05) is 17.7 Å². The summed E-state index contributed by atoms with van der Waals surface area (Å²) in [4.78, 5) is 15.2. The molecule has 0 bridgehead atoms. The summed E-state index contributed by atoms with van der Waals surface area (Å²) in [5.41, 5.74) is 0.953. The number of rotatable bonds is 3. The molecule has 1 aromatic heterocycles. The van der Waals surface area contributed by atoms with E-state index in [9.17, 15) is 4.79 Å². The van der Waals surface area contributed by atoms with Crippen LogP contribution in [0.5, 0.6) is 0 Å². The van der Waals surface area contributed by atoms with Gasteiger partial charge in [-0.15, -0.1) is 11.3 Å². The third-order valence-electron chi connectivity index (χ3n) is 1.93. The van der Waals surface area contributed by atoms with Crippen LogP contribution in [-0.4, -0.2) is 10.8 Å². The lowest BCUT2D eigenvalue weighted by molar-refractivity contribution is -0.116. The standard InChI is InChI=1S/C9H11NOS/c1-6(11)4-8-5-12-9(10-8)7-2-3-7/h5,7H,2-4H2,1H3. The highest BCUT2D eigenvalue weighted by Crippen LogP contribution is 2.41. The molecule has 0 aromatic carbocycles. The molecular formula is C9H11NOS. The van der Waals surface area contributed by atoms with Crippen molar-refractivity contribution in [2.45, 2.75) is 32.1 Å². The van der Waals surface area contributed by atoms with Crippen molar-refractivity contribution in [2.75, 3.05) is 0 Å². The van der Waals surface area contributed by atoms with Crippen LogP contribution in [0.15, 0.2) is 5.38 Å². The number of Topliss-reactive ketones (excluding diaryl/α,β-unsaturated/α-hetero) is 1. The minimum Gasteiger partial charge on any atom is -0.300 e. The molecular weight excluding hydrogens is 170 g/mol. The lowest BCUT2D eigenvalue weighted by Crippen LogP contribution is -1.96.